The van der Waals surface area contributed by atoms with Crippen LogP contribution in [0.2, 0.25) is 0 Å². The van der Waals surface area contributed by atoms with Gasteiger partial charge in [0.05, 0.1) is 23.0 Å². The lowest BCUT2D eigenvalue weighted by Crippen LogP contribution is -2.23. The van der Waals surface area contributed by atoms with Crippen molar-refractivity contribution in [2.75, 3.05) is 16.8 Å². The molecule has 2 aromatic rings. The van der Waals surface area contributed by atoms with Crippen LogP contribution in [0.5, 0.6) is 11.5 Å². The van der Waals surface area contributed by atoms with Gasteiger partial charge in [0.15, 0.2) is 9.84 Å². The molecule has 1 aliphatic heterocycles. The van der Waals surface area contributed by atoms with Gasteiger partial charge in [0.2, 0.25) is 5.91 Å². The lowest BCUT2D eigenvalue weighted by molar-refractivity contribution is -0.138. The predicted molar refractivity (Wildman–Crippen MR) is 93.4 cm³/mol. The monoisotopic (exact) mass is 399 g/mol. The molecule has 0 aliphatic carbocycles. The second-order valence-corrected chi connectivity index (χ2v) is 8.44. The standard InChI is InChI=1S/C18H16F3NO4S/c19-18(20,21)15-3-1-2-4-16(15)26-14-7-5-13(6-8-14)22-17(23)12-9-10-27(24,25)11-12/h1-8,12H,9-11H2,(H,22,23). The number of amides is 1. The van der Waals surface area contributed by atoms with Crippen LogP contribution in [-0.4, -0.2) is 25.8 Å². The molecule has 3 rings (SSSR count). The maximum absolute atomic E-state index is 13.0. The summed E-state index contributed by atoms with van der Waals surface area (Å²) in [6.45, 7) is 0. The van der Waals surface area contributed by atoms with Crippen LogP contribution in [0.15, 0.2) is 48.5 Å². The largest absolute Gasteiger partial charge is 0.457 e. The fraction of sp³-hybridized carbons (Fsp3) is 0.278. The first-order valence-corrected chi connectivity index (χ1v) is 9.92. The summed E-state index contributed by atoms with van der Waals surface area (Å²) in [6.07, 6.45) is -4.25. The van der Waals surface area contributed by atoms with E-state index in [0.29, 0.717) is 5.69 Å². The maximum atomic E-state index is 13.0. The zero-order valence-corrected chi connectivity index (χ0v) is 14.8. The summed E-state index contributed by atoms with van der Waals surface area (Å²) in [5.74, 6) is -1.31. The van der Waals surface area contributed by atoms with Crippen molar-refractivity contribution in [3.8, 4) is 11.5 Å². The van der Waals surface area contributed by atoms with Gasteiger partial charge in [0.1, 0.15) is 11.5 Å². The molecule has 1 saturated heterocycles. The van der Waals surface area contributed by atoms with Crippen molar-refractivity contribution < 1.29 is 31.1 Å². The highest BCUT2D eigenvalue weighted by molar-refractivity contribution is 7.91. The van der Waals surface area contributed by atoms with E-state index < -0.39 is 33.4 Å². The maximum Gasteiger partial charge on any atom is 0.419 e. The van der Waals surface area contributed by atoms with Gasteiger partial charge in [-0.2, -0.15) is 13.2 Å². The molecule has 0 saturated carbocycles. The fourth-order valence-corrected chi connectivity index (χ4v) is 4.51. The molecule has 1 fully saturated rings. The highest BCUT2D eigenvalue weighted by Crippen LogP contribution is 2.38. The molecule has 1 unspecified atom stereocenters. The minimum absolute atomic E-state index is 0.00349. The van der Waals surface area contributed by atoms with E-state index in [0.717, 1.165) is 6.07 Å². The van der Waals surface area contributed by atoms with Crippen molar-refractivity contribution in [1.29, 1.82) is 0 Å². The number of ether oxygens (including phenoxy) is 1. The van der Waals surface area contributed by atoms with Crippen LogP contribution in [0.3, 0.4) is 0 Å². The molecule has 9 heteroatoms. The lowest BCUT2D eigenvalue weighted by Gasteiger charge is -2.14. The van der Waals surface area contributed by atoms with Crippen LogP contribution in [0.4, 0.5) is 18.9 Å². The molecule has 144 valence electrons. The summed E-state index contributed by atoms with van der Waals surface area (Å²) in [5, 5.41) is 2.61. The quantitative estimate of drug-likeness (QED) is 0.847. The zero-order chi connectivity index (χ0) is 19.7. The second-order valence-electron chi connectivity index (χ2n) is 6.21. The van der Waals surface area contributed by atoms with Crippen molar-refractivity contribution in [1.82, 2.24) is 0 Å². The molecule has 1 amide bonds. The Morgan fingerprint density at radius 2 is 1.74 bits per heavy atom. The van der Waals surface area contributed by atoms with E-state index in [9.17, 15) is 26.4 Å². The number of carbonyl (C=O) groups excluding carboxylic acids is 1. The SMILES string of the molecule is O=C(Nc1ccc(Oc2ccccc2C(F)(F)F)cc1)C1CCS(=O)(=O)C1. The third-order valence-corrected chi connectivity index (χ3v) is 5.91. The summed E-state index contributed by atoms with van der Waals surface area (Å²) in [5.41, 5.74) is -0.481. The van der Waals surface area contributed by atoms with E-state index in [4.69, 9.17) is 4.74 Å². The van der Waals surface area contributed by atoms with E-state index in [2.05, 4.69) is 5.32 Å². The van der Waals surface area contributed by atoms with Crippen LogP contribution in [-0.2, 0) is 20.8 Å². The number of carbonyl (C=O) groups is 1. The van der Waals surface area contributed by atoms with Gasteiger partial charge >= 0.3 is 6.18 Å². The van der Waals surface area contributed by atoms with Crippen LogP contribution >= 0.6 is 0 Å². The highest BCUT2D eigenvalue weighted by Gasteiger charge is 2.34. The molecule has 1 atom stereocenters. The van der Waals surface area contributed by atoms with E-state index in [1.165, 1.54) is 42.5 Å². The number of hydrogen-bond acceptors (Lipinski definition) is 4. The van der Waals surface area contributed by atoms with Gasteiger partial charge in [-0.15, -0.1) is 0 Å². The van der Waals surface area contributed by atoms with E-state index >= 15 is 0 Å². The number of halogens is 3. The molecule has 0 spiro atoms. The minimum atomic E-state index is -4.54. The Hall–Kier alpha value is -2.55. The first kappa shape index (κ1) is 19.2. The smallest absolute Gasteiger partial charge is 0.419 e. The normalized spacial score (nSPS) is 18.9. The summed E-state index contributed by atoms with van der Waals surface area (Å²) in [6, 6.07) is 10.7. The number of para-hydroxylation sites is 1. The number of sulfone groups is 1. The first-order chi connectivity index (χ1) is 12.6. The molecule has 5 nitrogen and oxygen atoms in total. The minimum Gasteiger partial charge on any atom is -0.457 e. The van der Waals surface area contributed by atoms with Crippen molar-refractivity contribution >= 4 is 21.4 Å². The van der Waals surface area contributed by atoms with Gasteiger partial charge in [-0.25, -0.2) is 8.42 Å². The summed E-state index contributed by atoms with van der Waals surface area (Å²) >= 11 is 0. The Morgan fingerprint density at radius 1 is 1.07 bits per heavy atom. The van der Waals surface area contributed by atoms with Gasteiger partial charge in [-0.05, 0) is 42.8 Å². The molecule has 0 aromatic heterocycles. The summed E-state index contributed by atoms with van der Waals surface area (Å²) in [4.78, 5) is 12.1. The third kappa shape index (κ3) is 4.79. The van der Waals surface area contributed by atoms with Crippen molar-refractivity contribution in [3.63, 3.8) is 0 Å². The van der Waals surface area contributed by atoms with Crippen LogP contribution in [0.1, 0.15) is 12.0 Å². The topological polar surface area (TPSA) is 72.5 Å². The number of anilines is 1. The molecule has 1 aliphatic rings. The fourth-order valence-electron chi connectivity index (χ4n) is 2.77. The molecule has 1 N–H and O–H groups in total. The predicted octanol–water partition coefficient (Wildman–Crippen LogP) is 3.87. The van der Waals surface area contributed by atoms with Crippen molar-refractivity contribution in [2.24, 2.45) is 5.92 Å². The number of benzene rings is 2. The Morgan fingerprint density at radius 3 is 2.33 bits per heavy atom. The third-order valence-electron chi connectivity index (χ3n) is 4.15. The Labute approximate surface area is 154 Å². The highest BCUT2D eigenvalue weighted by atomic mass is 32.2. The first-order valence-electron chi connectivity index (χ1n) is 8.09. The number of alkyl halides is 3. The van der Waals surface area contributed by atoms with Crippen LogP contribution < -0.4 is 10.1 Å². The van der Waals surface area contributed by atoms with Crippen LogP contribution in [0.25, 0.3) is 0 Å². The zero-order valence-electron chi connectivity index (χ0n) is 14.0. The molecule has 0 radical (unpaired) electrons. The average Bonchev–Trinajstić information content (AvgIpc) is 2.96. The van der Waals surface area contributed by atoms with E-state index in [1.54, 1.807) is 0 Å². The van der Waals surface area contributed by atoms with Crippen LogP contribution in [0, 0.1) is 5.92 Å². The van der Waals surface area contributed by atoms with Gasteiger partial charge < -0.3 is 10.1 Å². The van der Waals surface area contributed by atoms with Gasteiger partial charge in [0.25, 0.3) is 0 Å². The number of nitrogens with one attached hydrogen (secondary N) is 1. The van der Waals surface area contributed by atoms with Gasteiger partial charge in [0, 0.05) is 5.69 Å². The molecular weight excluding hydrogens is 383 g/mol. The summed E-state index contributed by atoms with van der Waals surface area (Å²) in [7, 11) is -3.16. The van der Waals surface area contributed by atoms with E-state index in [-0.39, 0.29) is 29.4 Å². The van der Waals surface area contributed by atoms with Gasteiger partial charge in [-0.3, -0.25) is 4.79 Å². The van der Waals surface area contributed by atoms with E-state index in [1.807, 2.05) is 0 Å². The Kier molecular flexibility index (Phi) is 5.14. The summed E-state index contributed by atoms with van der Waals surface area (Å²) < 4.78 is 67.2. The Bertz CT molecular complexity index is 940. The average molecular weight is 399 g/mol. The molecule has 0 bridgehead atoms. The molecule has 27 heavy (non-hydrogen) atoms. The molecule has 1 heterocycles. The van der Waals surface area contributed by atoms with Gasteiger partial charge in [-0.1, -0.05) is 12.1 Å². The number of hydrogen-bond donors (Lipinski definition) is 1. The van der Waals surface area contributed by atoms with Crippen molar-refractivity contribution in [3.05, 3.63) is 54.1 Å². The molecule has 2 aromatic carbocycles. The number of rotatable bonds is 4. The second kappa shape index (κ2) is 7.22. The van der Waals surface area contributed by atoms with Crippen molar-refractivity contribution in [2.45, 2.75) is 12.6 Å². The molecular formula is C18H16F3NO4S. The lowest BCUT2D eigenvalue weighted by atomic mass is 10.1. The Balaban J connectivity index is 1.67.